The van der Waals surface area contributed by atoms with Gasteiger partial charge in [-0.15, -0.1) is 0 Å². The molecule has 7 heteroatoms. The van der Waals surface area contributed by atoms with Crippen molar-refractivity contribution in [1.29, 1.82) is 0 Å². The third-order valence-electron chi connectivity index (χ3n) is 3.77. The molecule has 0 radical (unpaired) electrons. The first kappa shape index (κ1) is 17.0. The van der Waals surface area contributed by atoms with E-state index >= 15 is 0 Å². The maximum atomic E-state index is 13.1. The van der Waals surface area contributed by atoms with Gasteiger partial charge in [-0.1, -0.05) is 0 Å². The van der Waals surface area contributed by atoms with E-state index in [0.29, 0.717) is 11.8 Å². The quantitative estimate of drug-likeness (QED) is 0.856. The topological polar surface area (TPSA) is 49.7 Å². The predicted octanol–water partition coefficient (Wildman–Crippen LogP) is 2.54. The maximum absolute atomic E-state index is 13.1. The van der Waals surface area contributed by atoms with Gasteiger partial charge in [0.05, 0.1) is 9.73 Å². The first-order valence-corrected chi connectivity index (χ1v) is 9.23. The van der Waals surface area contributed by atoms with Gasteiger partial charge in [-0.3, -0.25) is 4.79 Å². The van der Waals surface area contributed by atoms with Crippen LogP contribution in [0, 0.1) is 17.6 Å². The molecule has 22 heavy (non-hydrogen) atoms. The highest BCUT2D eigenvalue weighted by molar-refractivity contribution is 7.93. The summed E-state index contributed by atoms with van der Waals surface area (Å²) >= 11 is 0. The van der Waals surface area contributed by atoms with Crippen LogP contribution >= 0.6 is 0 Å². The van der Waals surface area contributed by atoms with Gasteiger partial charge in [0.2, 0.25) is 0 Å². The van der Waals surface area contributed by atoms with Crippen LogP contribution in [-0.4, -0.2) is 47.2 Å². The van der Waals surface area contributed by atoms with E-state index in [1.165, 1.54) is 6.26 Å². The van der Waals surface area contributed by atoms with Crippen LogP contribution in [0.25, 0.3) is 0 Å². The average Bonchev–Trinajstić information content (AvgIpc) is 2.39. The van der Waals surface area contributed by atoms with Crippen molar-refractivity contribution in [2.75, 3.05) is 32.1 Å². The van der Waals surface area contributed by atoms with Crippen molar-refractivity contribution in [2.24, 2.45) is 10.3 Å². The fraction of sp³-hybridized carbons (Fsp3) is 0.533. The molecule has 0 aromatic heterocycles. The minimum atomic E-state index is -2.71. The van der Waals surface area contributed by atoms with E-state index in [1.54, 1.807) is 0 Å². The second kappa shape index (κ2) is 6.83. The number of nitrogens with zero attached hydrogens (tertiary/aromatic N) is 2. The maximum Gasteiger partial charge on any atom is 0.285 e. The number of benzene rings is 1. The monoisotopic (exact) mass is 330 g/mol. The molecule has 1 amide bonds. The molecule has 122 valence electrons. The Labute approximate surface area is 129 Å². The van der Waals surface area contributed by atoms with Crippen LogP contribution in [0.5, 0.6) is 0 Å². The Bertz CT molecular complexity index is 656. The van der Waals surface area contributed by atoms with Crippen LogP contribution in [0.15, 0.2) is 22.6 Å². The zero-order valence-electron chi connectivity index (χ0n) is 12.7. The summed E-state index contributed by atoms with van der Waals surface area (Å²) in [6.07, 6.45) is 3.26. The molecule has 4 nitrogen and oxygen atoms in total. The van der Waals surface area contributed by atoms with Gasteiger partial charge in [0.15, 0.2) is 0 Å². The number of hydrogen-bond donors (Lipinski definition) is 0. The fourth-order valence-corrected chi connectivity index (χ4v) is 4.35. The highest BCUT2D eigenvalue weighted by Crippen LogP contribution is 2.19. The molecule has 0 N–H and O–H groups in total. The SMILES string of the molecule is CN1CCC(CS(C)(=O)=NC(=O)c2cc(F)cc(F)c2)CC1. The summed E-state index contributed by atoms with van der Waals surface area (Å²) in [5.74, 6) is -1.94. The third-order valence-corrected chi connectivity index (χ3v) is 5.41. The van der Waals surface area contributed by atoms with E-state index in [9.17, 15) is 17.8 Å². The standard InChI is InChI=1S/C15H20F2N2O2S/c1-19-5-3-11(4-6-19)10-22(2,21)18-15(20)12-7-13(16)9-14(17)8-12/h7-9,11H,3-6,10H2,1-2H3. The minimum Gasteiger partial charge on any atom is -0.306 e. The molecule has 0 bridgehead atoms. The lowest BCUT2D eigenvalue weighted by Gasteiger charge is -2.28. The predicted molar refractivity (Wildman–Crippen MR) is 82.3 cm³/mol. The molecule has 0 saturated carbocycles. The Balaban J connectivity index is 2.12. The molecule has 1 saturated heterocycles. The third kappa shape index (κ3) is 4.84. The molecule has 1 unspecified atom stereocenters. The van der Waals surface area contributed by atoms with Crippen LogP contribution in [-0.2, 0) is 9.73 Å². The Morgan fingerprint density at radius 2 is 1.82 bits per heavy atom. The molecule has 1 fully saturated rings. The van der Waals surface area contributed by atoms with Crippen molar-refractivity contribution in [1.82, 2.24) is 4.90 Å². The summed E-state index contributed by atoms with van der Waals surface area (Å²) in [7, 11) is -0.676. The summed E-state index contributed by atoms with van der Waals surface area (Å²) in [6.45, 7) is 1.87. The molecule has 2 rings (SSSR count). The first-order chi connectivity index (χ1) is 10.2. The van der Waals surface area contributed by atoms with Gasteiger partial charge in [-0.2, -0.15) is 4.36 Å². The smallest absolute Gasteiger partial charge is 0.285 e. The molecule has 0 spiro atoms. The molecule has 1 aromatic rings. The molecule has 1 atom stereocenters. The largest absolute Gasteiger partial charge is 0.306 e. The van der Waals surface area contributed by atoms with Gasteiger partial charge in [-0.25, -0.2) is 13.0 Å². The Hall–Kier alpha value is -1.34. The second-order valence-corrected chi connectivity index (χ2v) is 8.36. The lowest BCUT2D eigenvalue weighted by Crippen LogP contribution is -2.33. The van der Waals surface area contributed by atoms with Crippen molar-refractivity contribution < 1.29 is 17.8 Å². The van der Waals surface area contributed by atoms with Gasteiger partial charge < -0.3 is 4.90 Å². The van der Waals surface area contributed by atoms with Crippen LogP contribution in [0.4, 0.5) is 8.78 Å². The Kier molecular flexibility index (Phi) is 5.28. The van der Waals surface area contributed by atoms with Crippen molar-refractivity contribution in [2.45, 2.75) is 12.8 Å². The number of carbonyl (C=O) groups is 1. The summed E-state index contributed by atoms with van der Waals surface area (Å²) in [5.41, 5.74) is -0.213. The van der Waals surface area contributed by atoms with Crippen molar-refractivity contribution >= 4 is 15.6 Å². The van der Waals surface area contributed by atoms with Crippen molar-refractivity contribution in [3.63, 3.8) is 0 Å². The molecule has 1 heterocycles. The summed E-state index contributed by atoms with van der Waals surface area (Å²) in [5, 5.41) is 0. The van der Waals surface area contributed by atoms with E-state index in [4.69, 9.17) is 0 Å². The summed E-state index contributed by atoms with van der Waals surface area (Å²) in [4.78, 5) is 14.2. The van der Waals surface area contributed by atoms with E-state index in [0.717, 1.165) is 38.1 Å². The van der Waals surface area contributed by atoms with Crippen molar-refractivity contribution in [3.05, 3.63) is 35.4 Å². The zero-order valence-corrected chi connectivity index (χ0v) is 13.5. The van der Waals surface area contributed by atoms with E-state index in [-0.39, 0.29) is 11.5 Å². The number of carbonyl (C=O) groups excluding carboxylic acids is 1. The number of likely N-dealkylation sites (tertiary alicyclic amines) is 1. The molecule has 0 aliphatic carbocycles. The van der Waals surface area contributed by atoms with Gasteiger partial charge in [0, 0.05) is 23.6 Å². The van der Waals surface area contributed by atoms with Crippen LogP contribution in [0.1, 0.15) is 23.2 Å². The van der Waals surface area contributed by atoms with E-state index in [1.807, 2.05) is 7.05 Å². The van der Waals surface area contributed by atoms with E-state index in [2.05, 4.69) is 9.26 Å². The molecular weight excluding hydrogens is 310 g/mol. The Morgan fingerprint density at radius 1 is 1.27 bits per heavy atom. The zero-order chi connectivity index (χ0) is 16.3. The molecular formula is C15H20F2N2O2S. The average molecular weight is 330 g/mol. The highest BCUT2D eigenvalue weighted by atomic mass is 32.2. The normalized spacial score (nSPS) is 19.6. The van der Waals surface area contributed by atoms with Crippen LogP contribution < -0.4 is 0 Å². The Morgan fingerprint density at radius 3 is 2.36 bits per heavy atom. The summed E-state index contributed by atoms with van der Waals surface area (Å²) < 4.78 is 42.5. The number of piperidine rings is 1. The van der Waals surface area contributed by atoms with Gasteiger partial charge >= 0.3 is 0 Å². The lowest BCUT2D eigenvalue weighted by molar-refractivity contribution is 0.100. The fourth-order valence-electron chi connectivity index (χ4n) is 2.61. The van der Waals surface area contributed by atoms with Crippen LogP contribution in [0.3, 0.4) is 0 Å². The lowest BCUT2D eigenvalue weighted by atomic mass is 10.00. The van der Waals surface area contributed by atoms with Gasteiger partial charge in [-0.05, 0) is 51.0 Å². The van der Waals surface area contributed by atoms with Crippen molar-refractivity contribution in [3.8, 4) is 0 Å². The second-order valence-electron chi connectivity index (χ2n) is 5.93. The minimum absolute atomic E-state index is 0.213. The summed E-state index contributed by atoms with van der Waals surface area (Å²) in [6, 6.07) is 2.48. The number of rotatable bonds is 3. The number of halogens is 2. The first-order valence-electron chi connectivity index (χ1n) is 7.14. The number of hydrogen-bond acceptors (Lipinski definition) is 3. The molecule has 1 aliphatic heterocycles. The van der Waals surface area contributed by atoms with Gasteiger partial charge in [0.25, 0.3) is 5.91 Å². The number of amides is 1. The molecule has 1 aromatic carbocycles. The van der Waals surface area contributed by atoms with Gasteiger partial charge in [0.1, 0.15) is 11.6 Å². The van der Waals surface area contributed by atoms with E-state index < -0.39 is 27.3 Å². The molecule has 1 aliphatic rings. The highest BCUT2D eigenvalue weighted by Gasteiger charge is 2.21. The van der Waals surface area contributed by atoms with Crippen LogP contribution in [0.2, 0.25) is 0 Å².